The van der Waals surface area contributed by atoms with Crippen LogP contribution in [0.3, 0.4) is 0 Å². The molecule has 0 saturated heterocycles. The van der Waals surface area contributed by atoms with Gasteiger partial charge in [0, 0.05) is 26.0 Å². The zero-order valence-electron chi connectivity index (χ0n) is 11.0. The first kappa shape index (κ1) is 14.1. The summed E-state index contributed by atoms with van der Waals surface area (Å²) in [7, 11) is 1.67. The number of nitrogens with one attached hydrogen (secondary N) is 1. The molecule has 1 unspecified atom stereocenters. The van der Waals surface area contributed by atoms with E-state index in [4.69, 9.17) is 9.26 Å². The summed E-state index contributed by atoms with van der Waals surface area (Å²) >= 11 is 0. The van der Waals surface area contributed by atoms with Gasteiger partial charge in [-0.25, -0.2) is 0 Å². The predicted octanol–water partition coefficient (Wildman–Crippen LogP) is 1.58. The quantitative estimate of drug-likeness (QED) is 0.711. The molecule has 1 rings (SSSR count). The van der Waals surface area contributed by atoms with Gasteiger partial charge in [-0.15, -0.1) is 0 Å². The van der Waals surface area contributed by atoms with Gasteiger partial charge in [0.25, 0.3) is 0 Å². The molecular weight excluding hydrogens is 218 g/mol. The first-order valence-corrected chi connectivity index (χ1v) is 6.30. The summed E-state index contributed by atoms with van der Waals surface area (Å²) in [5.74, 6) is 1.46. The molecule has 1 aromatic rings. The summed E-state index contributed by atoms with van der Waals surface area (Å²) in [6, 6.07) is 0.490. The van der Waals surface area contributed by atoms with Crippen LogP contribution in [0.4, 0.5) is 0 Å². The normalized spacial score (nSPS) is 12.9. The van der Waals surface area contributed by atoms with Crippen LogP contribution in [0.2, 0.25) is 0 Å². The Morgan fingerprint density at radius 2 is 2.24 bits per heavy atom. The van der Waals surface area contributed by atoms with Gasteiger partial charge in [0.05, 0.1) is 6.61 Å². The highest BCUT2D eigenvalue weighted by Crippen LogP contribution is 2.04. The van der Waals surface area contributed by atoms with E-state index in [1.807, 2.05) is 0 Å². The molecule has 0 bridgehead atoms. The number of nitrogens with zero attached hydrogens (tertiary/aromatic N) is 2. The third-order valence-corrected chi connectivity index (χ3v) is 2.57. The Bertz CT molecular complexity index is 302. The fourth-order valence-electron chi connectivity index (χ4n) is 1.52. The third-order valence-electron chi connectivity index (χ3n) is 2.57. The van der Waals surface area contributed by atoms with E-state index in [0.29, 0.717) is 19.1 Å². The summed E-state index contributed by atoms with van der Waals surface area (Å²) in [5.41, 5.74) is 0. The number of methoxy groups -OCH3 is 1. The van der Waals surface area contributed by atoms with Crippen LogP contribution in [-0.2, 0) is 17.6 Å². The maximum absolute atomic E-state index is 5.17. The number of hydrogen-bond donors (Lipinski definition) is 1. The van der Waals surface area contributed by atoms with Crippen LogP contribution < -0.4 is 5.32 Å². The first-order valence-electron chi connectivity index (χ1n) is 6.30. The Balaban J connectivity index is 2.24. The molecule has 1 heterocycles. The maximum atomic E-state index is 5.17. The van der Waals surface area contributed by atoms with Crippen molar-refractivity contribution in [1.82, 2.24) is 15.5 Å². The monoisotopic (exact) mass is 241 g/mol. The van der Waals surface area contributed by atoms with E-state index >= 15 is 0 Å². The van der Waals surface area contributed by atoms with Gasteiger partial charge in [0.2, 0.25) is 5.89 Å². The van der Waals surface area contributed by atoms with Crippen molar-refractivity contribution >= 4 is 0 Å². The van der Waals surface area contributed by atoms with Crippen molar-refractivity contribution in [1.29, 1.82) is 0 Å². The van der Waals surface area contributed by atoms with Gasteiger partial charge in [-0.05, 0) is 26.3 Å². The van der Waals surface area contributed by atoms with E-state index in [1.54, 1.807) is 7.11 Å². The summed E-state index contributed by atoms with van der Waals surface area (Å²) in [6.07, 6.45) is 3.72. The molecule has 0 aliphatic carbocycles. The topological polar surface area (TPSA) is 60.2 Å². The largest absolute Gasteiger partial charge is 0.384 e. The van der Waals surface area contributed by atoms with Gasteiger partial charge in [-0.2, -0.15) is 4.98 Å². The molecule has 0 radical (unpaired) electrons. The van der Waals surface area contributed by atoms with Gasteiger partial charge >= 0.3 is 0 Å². The number of aryl methyl sites for hydroxylation is 1. The fourth-order valence-corrected chi connectivity index (χ4v) is 1.52. The maximum Gasteiger partial charge on any atom is 0.226 e. The van der Waals surface area contributed by atoms with Crippen molar-refractivity contribution in [3.63, 3.8) is 0 Å². The van der Waals surface area contributed by atoms with Crippen molar-refractivity contribution in [2.75, 3.05) is 20.3 Å². The van der Waals surface area contributed by atoms with Crippen LogP contribution in [-0.4, -0.2) is 36.4 Å². The summed E-state index contributed by atoms with van der Waals surface area (Å²) in [4.78, 5) is 4.31. The van der Waals surface area contributed by atoms with Gasteiger partial charge in [-0.3, -0.25) is 0 Å². The molecule has 0 fully saturated rings. The Labute approximate surface area is 103 Å². The standard InChI is InChI=1S/C12H23N3O2/c1-4-8-13-10(2)5-6-12-14-11(15-17-12)7-9-16-3/h10,13H,4-9H2,1-3H3. The molecule has 1 aromatic heterocycles. The van der Waals surface area contributed by atoms with Crippen molar-refractivity contribution < 1.29 is 9.26 Å². The number of aromatic nitrogens is 2. The van der Waals surface area contributed by atoms with Gasteiger partial charge in [0.1, 0.15) is 0 Å². The van der Waals surface area contributed by atoms with Gasteiger partial charge in [-0.1, -0.05) is 12.1 Å². The van der Waals surface area contributed by atoms with Crippen LogP contribution >= 0.6 is 0 Å². The van der Waals surface area contributed by atoms with Crippen LogP contribution in [0.25, 0.3) is 0 Å². The minimum atomic E-state index is 0.490. The summed E-state index contributed by atoms with van der Waals surface area (Å²) in [6.45, 7) is 6.04. The second kappa shape index (κ2) is 8.20. The van der Waals surface area contributed by atoms with Crippen LogP contribution in [0.15, 0.2) is 4.52 Å². The highest BCUT2D eigenvalue weighted by molar-refractivity contribution is 4.87. The Morgan fingerprint density at radius 3 is 2.94 bits per heavy atom. The van der Waals surface area contributed by atoms with Crippen molar-refractivity contribution in [2.24, 2.45) is 0 Å². The highest BCUT2D eigenvalue weighted by atomic mass is 16.5. The summed E-state index contributed by atoms with van der Waals surface area (Å²) < 4.78 is 10.1. The lowest BCUT2D eigenvalue weighted by Crippen LogP contribution is -2.27. The third kappa shape index (κ3) is 5.79. The average Bonchev–Trinajstić information content (AvgIpc) is 2.79. The molecule has 0 spiro atoms. The van der Waals surface area contributed by atoms with Gasteiger partial charge in [0.15, 0.2) is 5.82 Å². The van der Waals surface area contributed by atoms with E-state index in [-0.39, 0.29) is 0 Å². The number of ether oxygens (including phenoxy) is 1. The molecule has 5 heteroatoms. The Hall–Kier alpha value is -0.940. The molecule has 98 valence electrons. The minimum absolute atomic E-state index is 0.490. The lowest BCUT2D eigenvalue weighted by molar-refractivity contribution is 0.199. The van der Waals surface area contributed by atoms with Crippen molar-refractivity contribution in [3.8, 4) is 0 Å². The lowest BCUT2D eigenvalue weighted by Gasteiger charge is -2.10. The summed E-state index contributed by atoms with van der Waals surface area (Å²) in [5, 5.41) is 7.34. The fraction of sp³-hybridized carbons (Fsp3) is 0.833. The van der Waals surface area contributed by atoms with E-state index in [0.717, 1.165) is 37.5 Å². The molecule has 0 aliphatic heterocycles. The smallest absolute Gasteiger partial charge is 0.226 e. The molecule has 0 aromatic carbocycles. The molecule has 0 amide bonds. The SMILES string of the molecule is CCCNC(C)CCc1nc(CCOC)no1. The average molecular weight is 241 g/mol. The molecule has 5 nitrogen and oxygen atoms in total. The zero-order valence-corrected chi connectivity index (χ0v) is 11.0. The second-order valence-electron chi connectivity index (χ2n) is 4.24. The minimum Gasteiger partial charge on any atom is -0.384 e. The lowest BCUT2D eigenvalue weighted by atomic mass is 10.2. The Morgan fingerprint density at radius 1 is 1.41 bits per heavy atom. The molecule has 1 N–H and O–H groups in total. The molecule has 1 atom stereocenters. The molecule has 17 heavy (non-hydrogen) atoms. The number of hydrogen-bond acceptors (Lipinski definition) is 5. The second-order valence-corrected chi connectivity index (χ2v) is 4.24. The van der Waals surface area contributed by atoms with Crippen LogP contribution in [0, 0.1) is 0 Å². The van der Waals surface area contributed by atoms with Crippen molar-refractivity contribution in [2.45, 2.75) is 45.6 Å². The highest BCUT2D eigenvalue weighted by Gasteiger charge is 2.08. The predicted molar refractivity (Wildman–Crippen MR) is 66.0 cm³/mol. The number of rotatable bonds is 9. The molecule has 0 aliphatic rings. The zero-order chi connectivity index (χ0) is 12.5. The Kier molecular flexibility index (Phi) is 6.81. The van der Waals surface area contributed by atoms with E-state index in [2.05, 4.69) is 29.3 Å². The molecular formula is C12H23N3O2. The van der Waals surface area contributed by atoms with E-state index in [9.17, 15) is 0 Å². The van der Waals surface area contributed by atoms with E-state index in [1.165, 1.54) is 0 Å². The first-order chi connectivity index (χ1) is 8.26. The van der Waals surface area contributed by atoms with Gasteiger partial charge < -0.3 is 14.6 Å². The van der Waals surface area contributed by atoms with E-state index < -0.39 is 0 Å². The van der Waals surface area contributed by atoms with Crippen LogP contribution in [0.5, 0.6) is 0 Å². The van der Waals surface area contributed by atoms with Crippen molar-refractivity contribution in [3.05, 3.63) is 11.7 Å². The van der Waals surface area contributed by atoms with Crippen LogP contribution in [0.1, 0.15) is 38.4 Å². The molecule has 0 saturated carbocycles.